The summed E-state index contributed by atoms with van der Waals surface area (Å²) in [7, 11) is 0. The lowest BCUT2D eigenvalue weighted by Gasteiger charge is -2.20. The van der Waals surface area contributed by atoms with Crippen LogP contribution in [0, 0.1) is 29.6 Å². The van der Waals surface area contributed by atoms with E-state index in [4.69, 9.17) is 0 Å². The Labute approximate surface area is 160 Å². The van der Waals surface area contributed by atoms with Crippen molar-refractivity contribution in [3.05, 3.63) is 24.3 Å². The fraction of sp³-hybridized carbons (Fsp3) is 0.840. The van der Waals surface area contributed by atoms with Crippen molar-refractivity contribution in [3.63, 3.8) is 0 Å². The highest BCUT2D eigenvalue weighted by molar-refractivity contribution is 5.10. The molecule has 0 rings (SSSR count). The molecular weight excluding hydrogens is 300 g/mol. The van der Waals surface area contributed by atoms with E-state index in [-0.39, 0.29) is 0 Å². The van der Waals surface area contributed by atoms with Crippen LogP contribution < -0.4 is 0 Å². The van der Waals surface area contributed by atoms with Crippen LogP contribution in [0.5, 0.6) is 0 Å². The molecule has 0 radical (unpaired) electrons. The maximum Gasteiger partial charge on any atom is -0.00258 e. The van der Waals surface area contributed by atoms with Crippen molar-refractivity contribution in [1.82, 2.24) is 0 Å². The largest absolute Gasteiger partial charge is 0.0993 e. The van der Waals surface area contributed by atoms with Crippen LogP contribution in [0.4, 0.5) is 0 Å². The quantitative estimate of drug-likeness (QED) is 0.259. The Morgan fingerprint density at radius 3 is 1.92 bits per heavy atom. The topological polar surface area (TPSA) is 0 Å². The highest BCUT2D eigenvalue weighted by atomic mass is 14.2. The summed E-state index contributed by atoms with van der Waals surface area (Å²) >= 11 is 0. The fourth-order valence-electron chi connectivity index (χ4n) is 3.30. The number of rotatable bonds is 15. The predicted molar refractivity (Wildman–Crippen MR) is 117 cm³/mol. The first-order valence-corrected chi connectivity index (χ1v) is 11.1. The molecule has 0 amide bonds. The third-order valence-electron chi connectivity index (χ3n) is 5.57. The Hall–Kier alpha value is -0.520. The molecule has 0 aromatic rings. The van der Waals surface area contributed by atoms with Crippen molar-refractivity contribution in [1.29, 1.82) is 0 Å². The van der Waals surface area contributed by atoms with Gasteiger partial charge in [-0.25, -0.2) is 0 Å². The first kappa shape index (κ1) is 24.5. The molecule has 0 aromatic heterocycles. The Kier molecular flexibility index (Phi) is 14.3. The average Bonchev–Trinajstić information content (AvgIpc) is 2.53. The van der Waals surface area contributed by atoms with Crippen molar-refractivity contribution in [2.45, 2.75) is 106 Å². The van der Waals surface area contributed by atoms with E-state index in [2.05, 4.69) is 67.2 Å². The van der Waals surface area contributed by atoms with Gasteiger partial charge in [-0.1, -0.05) is 105 Å². The molecule has 0 bridgehead atoms. The maximum absolute atomic E-state index is 4.47. The lowest BCUT2D eigenvalue weighted by molar-refractivity contribution is 0.410. The van der Waals surface area contributed by atoms with E-state index in [9.17, 15) is 0 Å². The molecule has 0 saturated heterocycles. The van der Waals surface area contributed by atoms with Crippen molar-refractivity contribution >= 4 is 0 Å². The van der Waals surface area contributed by atoms with E-state index in [0.717, 1.165) is 17.8 Å². The van der Waals surface area contributed by atoms with Crippen LogP contribution in [-0.4, -0.2) is 0 Å². The van der Waals surface area contributed by atoms with Gasteiger partial charge in [-0.2, -0.15) is 0 Å². The van der Waals surface area contributed by atoms with Gasteiger partial charge in [0.2, 0.25) is 0 Å². The van der Waals surface area contributed by atoms with Crippen LogP contribution in [-0.2, 0) is 0 Å². The summed E-state index contributed by atoms with van der Waals surface area (Å²) in [6.07, 6.45) is 16.8. The Morgan fingerprint density at radius 2 is 1.36 bits per heavy atom. The van der Waals surface area contributed by atoms with Crippen molar-refractivity contribution in [2.75, 3.05) is 0 Å². The summed E-state index contributed by atoms with van der Waals surface area (Å²) in [5.74, 6) is 3.78. The SMILES string of the molecule is C=C(CCCC(C)C)C(C=CC(C)CC)CCC(C)CCCC(C)C. The van der Waals surface area contributed by atoms with Crippen LogP contribution in [0.1, 0.15) is 106 Å². The second-order valence-corrected chi connectivity index (χ2v) is 9.33. The molecule has 0 aliphatic carbocycles. The van der Waals surface area contributed by atoms with Crippen molar-refractivity contribution in [2.24, 2.45) is 29.6 Å². The minimum atomic E-state index is 0.591. The van der Waals surface area contributed by atoms with Crippen LogP contribution in [0.15, 0.2) is 24.3 Å². The molecule has 25 heavy (non-hydrogen) atoms. The molecule has 0 nitrogen and oxygen atoms in total. The molecule has 148 valence electrons. The minimum absolute atomic E-state index is 0.591. The van der Waals surface area contributed by atoms with E-state index in [1.807, 2.05) is 0 Å². The smallest absolute Gasteiger partial charge is 0.00258 e. The van der Waals surface area contributed by atoms with E-state index in [1.165, 1.54) is 63.4 Å². The monoisotopic (exact) mass is 348 g/mol. The summed E-state index contributed by atoms with van der Waals surface area (Å²) in [5, 5.41) is 0. The van der Waals surface area contributed by atoms with Gasteiger partial charge in [0.25, 0.3) is 0 Å². The van der Waals surface area contributed by atoms with Gasteiger partial charge in [0.1, 0.15) is 0 Å². The molecule has 3 unspecified atom stereocenters. The van der Waals surface area contributed by atoms with Crippen LogP contribution in [0.3, 0.4) is 0 Å². The Morgan fingerprint density at radius 1 is 0.760 bits per heavy atom. The Balaban J connectivity index is 4.46. The predicted octanol–water partition coefficient (Wildman–Crippen LogP) is 8.83. The van der Waals surface area contributed by atoms with E-state index < -0.39 is 0 Å². The maximum atomic E-state index is 4.47. The molecule has 0 heterocycles. The second-order valence-electron chi connectivity index (χ2n) is 9.33. The zero-order valence-corrected chi connectivity index (χ0v) is 18.6. The zero-order valence-electron chi connectivity index (χ0n) is 18.6. The number of allylic oxidation sites excluding steroid dienone is 3. The molecule has 3 atom stereocenters. The van der Waals surface area contributed by atoms with Crippen LogP contribution in [0.2, 0.25) is 0 Å². The highest BCUT2D eigenvalue weighted by Crippen LogP contribution is 2.27. The summed E-state index contributed by atoms with van der Waals surface area (Å²) in [6, 6.07) is 0. The lowest BCUT2D eigenvalue weighted by Crippen LogP contribution is -2.06. The third-order valence-corrected chi connectivity index (χ3v) is 5.57. The van der Waals surface area contributed by atoms with Gasteiger partial charge < -0.3 is 0 Å². The molecule has 0 saturated carbocycles. The molecule has 0 aliphatic heterocycles. The van der Waals surface area contributed by atoms with Gasteiger partial charge in [0, 0.05) is 0 Å². The molecule has 0 fully saturated rings. The average molecular weight is 349 g/mol. The minimum Gasteiger partial charge on any atom is -0.0993 e. The Bertz CT molecular complexity index is 347. The summed E-state index contributed by atoms with van der Waals surface area (Å²) in [5.41, 5.74) is 1.47. The first-order chi connectivity index (χ1) is 11.8. The van der Waals surface area contributed by atoms with Gasteiger partial charge in [0.05, 0.1) is 0 Å². The summed E-state index contributed by atoms with van der Waals surface area (Å²) in [4.78, 5) is 0. The van der Waals surface area contributed by atoms with Crippen molar-refractivity contribution < 1.29 is 0 Å². The number of hydrogen-bond donors (Lipinski definition) is 0. The van der Waals surface area contributed by atoms with E-state index in [0.29, 0.717) is 11.8 Å². The van der Waals surface area contributed by atoms with Crippen molar-refractivity contribution in [3.8, 4) is 0 Å². The molecule has 0 heteroatoms. The van der Waals surface area contributed by atoms with Gasteiger partial charge in [0.15, 0.2) is 0 Å². The van der Waals surface area contributed by atoms with Gasteiger partial charge in [-0.3, -0.25) is 0 Å². The summed E-state index contributed by atoms with van der Waals surface area (Å²) in [6.45, 7) is 20.8. The first-order valence-electron chi connectivity index (χ1n) is 11.1. The van der Waals surface area contributed by atoms with Gasteiger partial charge in [-0.05, 0) is 55.3 Å². The second kappa shape index (κ2) is 14.6. The molecule has 0 spiro atoms. The van der Waals surface area contributed by atoms with E-state index >= 15 is 0 Å². The molecular formula is C25H48. The third kappa shape index (κ3) is 14.3. The molecule has 0 N–H and O–H groups in total. The van der Waals surface area contributed by atoms with Gasteiger partial charge >= 0.3 is 0 Å². The zero-order chi connectivity index (χ0) is 19.2. The van der Waals surface area contributed by atoms with Gasteiger partial charge in [-0.15, -0.1) is 0 Å². The van der Waals surface area contributed by atoms with Crippen LogP contribution >= 0.6 is 0 Å². The summed E-state index contributed by atoms with van der Waals surface area (Å²) < 4.78 is 0. The molecule has 0 aliphatic rings. The standard InChI is InChI=1S/C25H48/c1-9-22(6)16-18-25(24(8)15-11-13-21(4)5)19-17-23(7)14-10-12-20(2)3/h16,18,20-23,25H,8-15,17,19H2,1-7H3. The normalized spacial score (nSPS) is 15.9. The fourth-order valence-corrected chi connectivity index (χ4v) is 3.30. The highest BCUT2D eigenvalue weighted by Gasteiger charge is 2.13. The lowest BCUT2D eigenvalue weighted by atomic mass is 9.86. The molecule has 0 aromatic carbocycles. The van der Waals surface area contributed by atoms with E-state index in [1.54, 1.807) is 0 Å². The van der Waals surface area contributed by atoms with Crippen LogP contribution in [0.25, 0.3) is 0 Å². The number of hydrogen-bond acceptors (Lipinski definition) is 0.